The van der Waals surface area contributed by atoms with Crippen LogP contribution in [-0.2, 0) is 14.3 Å². The standard InChI is InChI=1S/C16H22N2O4S/c1-17-14(19)10-21-12-8-16(22-9-12)5-3-6-18(11-16)15(20)13-4-2-7-23-13/h2,4,7,12H,3,5-6,8-11H2,1H3,(H,17,19)/t12-,16+/m0/s1. The molecule has 0 radical (unpaired) electrons. The molecule has 23 heavy (non-hydrogen) atoms. The average molecular weight is 338 g/mol. The van der Waals surface area contributed by atoms with Crippen LogP contribution in [0.15, 0.2) is 17.5 Å². The van der Waals surface area contributed by atoms with Crippen LogP contribution in [0.5, 0.6) is 0 Å². The second-order valence-electron chi connectivity index (χ2n) is 6.11. The van der Waals surface area contributed by atoms with Crippen LogP contribution in [0.1, 0.15) is 28.9 Å². The molecule has 2 amide bonds. The van der Waals surface area contributed by atoms with Gasteiger partial charge in [-0.1, -0.05) is 6.07 Å². The molecule has 2 aliphatic rings. The number of hydrogen-bond acceptors (Lipinski definition) is 5. The fourth-order valence-corrected chi connectivity index (χ4v) is 3.98. The van der Waals surface area contributed by atoms with Gasteiger partial charge in [0.05, 0.1) is 29.7 Å². The number of piperidine rings is 1. The summed E-state index contributed by atoms with van der Waals surface area (Å²) in [6, 6.07) is 3.76. The molecule has 0 aromatic carbocycles. The lowest BCUT2D eigenvalue weighted by molar-refractivity contribution is -0.127. The number of ether oxygens (including phenoxy) is 2. The molecule has 6 nitrogen and oxygen atoms in total. The summed E-state index contributed by atoms with van der Waals surface area (Å²) in [6.45, 7) is 1.91. The van der Waals surface area contributed by atoms with E-state index in [-0.39, 0.29) is 30.1 Å². The second kappa shape index (κ2) is 6.98. The van der Waals surface area contributed by atoms with Gasteiger partial charge < -0.3 is 19.7 Å². The van der Waals surface area contributed by atoms with Gasteiger partial charge in [0.25, 0.3) is 5.91 Å². The van der Waals surface area contributed by atoms with Gasteiger partial charge in [-0.25, -0.2) is 0 Å². The molecule has 3 heterocycles. The number of hydrogen-bond donors (Lipinski definition) is 1. The van der Waals surface area contributed by atoms with Crippen LogP contribution in [0.3, 0.4) is 0 Å². The number of nitrogens with one attached hydrogen (secondary N) is 1. The Hall–Kier alpha value is -1.44. The van der Waals surface area contributed by atoms with Crippen molar-refractivity contribution in [1.29, 1.82) is 0 Å². The van der Waals surface area contributed by atoms with Crippen molar-refractivity contribution in [3.63, 3.8) is 0 Å². The average Bonchev–Trinajstić information content (AvgIpc) is 3.22. The first-order valence-corrected chi connectivity index (χ1v) is 8.79. The maximum atomic E-state index is 12.5. The molecule has 2 fully saturated rings. The molecular weight excluding hydrogens is 316 g/mol. The zero-order chi connectivity index (χ0) is 16.3. The van der Waals surface area contributed by atoms with Crippen molar-refractivity contribution in [1.82, 2.24) is 10.2 Å². The lowest BCUT2D eigenvalue weighted by Crippen LogP contribution is -2.50. The number of thiophene rings is 1. The van der Waals surface area contributed by atoms with E-state index in [1.165, 1.54) is 11.3 Å². The Balaban J connectivity index is 1.58. The third-order valence-corrected chi connectivity index (χ3v) is 5.32. The number of likely N-dealkylation sites (N-methyl/N-ethyl adjacent to an activating group) is 1. The minimum absolute atomic E-state index is 0.0540. The minimum Gasteiger partial charge on any atom is -0.370 e. The first-order valence-electron chi connectivity index (χ1n) is 7.91. The smallest absolute Gasteiger partial charge is 0.264 e. The molecule has 0 aliphatic carbocycles. The van der Waals surface area contributed by atoms with Crippen molar-refractivity contribution in [2.75, 3.05) is 33.4 Å². The summed E-state index contributed by atoms with van der Waals surface area (Å²) < 4.78 is 11.6. The predicted molar refractivity (Wildman–Crippen MR) is 86.6 cm³/mol. The van der Waals surface area contributed by atoms with E-state index in [0.717, 1.165) is 30.7 Å². The monoisotopic (exact) mass is 338 g/mol. The zero-order valence-corrected chi connectivity index (χ0v) is 14.1. The summed E-state index contributed by atoms with van der Waals surface area (Å²) >= 11 is 1.47. The van der Waals surface area contributed by atoms with E-state index < -0.39 is 0 Å². The van der Waals surface area contributed by atoms with E-state index in [1.54, 1.807) is 7.05 Å². The highest BCUT2D eigenvalue weighted by Crippen LogP contribution is 2.36. The Morgan fingerprint density at radius 3 is 3.17 bits per heavy atom. The first kappa shape index (κ1) is 16.4. The maximum absolute atomic E-state index is 12.5. The fraction of sp³-hybridized carbons (Fsp3) is 0.625. The molecular formula is C16H22N2O4S. The number of nitrogens with zero attached hydrogens (tertiary/aromatic N) is 1. The van der Waals surface area contributed by atoms with E-state index in [4.69, 9.17) is 9.47 Å². The topological polar surface area (TPSA) is 67.9 Å². The van der Waals surface area contributed by atoms with E-state index in [2.05, 4.69) is 5.32 Å². The van der Waals surface area contributed by atoms with E-state index in [0.29, 0.717) is 13.2 Å². The Labute approximate surface area is 139 Å². The lowest BCUT2D eigenvalue weighted by Gasteiger charge is -2.39. The maximum Gasteiger partial charge on any atom is 0.264 e. The van der Waals surface area contributed by atoms with Crippen LogP contribution < -0.4 is 5.32 Å². The fourth-order valence-electron chi connectivity index (χ4n) is 3.29. The van der Waals surface area contributed by atoms with Crippen molar-refractivity contribution in [2.45, 2.75) is 31.0 Å². The highest BCUT2D eigenvalue weighted by atomic mass is 32.1. The summed E-state index contributed by atoms with van der Waals surface area (Å²) in [5.41, 5.74) is -0.321. The van der Waals surface area contributed by atoms with E-state index in [1.807, 2.05) is 22.4 Å². The third-order valence-electron chi connectivity index (χ3n) is 4.46. The Morgan fingerprint density at radius 2 is 2.43 bits per heavy atom. The number of carbonyl (C=O) groups excluding carboxylic acids is 2. The minimum atomic E-state index is -0.321. The molecule has 2 saturated heterocycles. The molecule has 2 atom stereocenters. The van der Waals surface area contributed by atoms with Gasteiger partial charge >= 0.3 is 0 Å². The van der Waals surface area contributed by atoms with E-state index >= 15 is 0 Å². The summed E-state index contributed by atoms with van der Waals surface area (Å²) in [4.78, 5) is 26.5. The van der Waals surface area contributed by atoms with Gasteiger partial charge in [-0.05, 0) is 24.3 Å². The van der Waals surface area contributed by atoms with Crippen LogP contribution in [0, 0.1) is 0 Å². The zero-order valence-electron chi connectivity index (χ0n) is 13.2. The quantitative estimate of drug-likeness (QED) is 0.898. The Morgan fingerprint density at radius 1 is 1.57 bits per heavy atom. The largest absolute Gasteiger partial charge is 0.370 e. The van der Waals surface area contributed by atoms with Crippen LogP contribution >= 0.6 is 11.3 Å². The molecule has 0 unspecified atom stereocenters. The van der Waals surface area contributed by atoms with Crippen molar-refractivity contribution in [2.24, 2.45) is 0 Å². The van der Waals surface area contributed by atoms with Crippen LogP contribution in [0.4, 0.5) is 0 Å². The highest BCUT2D eigenvalue weighted by Gasteiger charge is 2.45. The van der Waals surface area contributed by atoms with Gasteiger partial charge in [0, 0.05) is 20.0 Å². The predicted octanol–water partition coefficient (Wildman–Crippen LogP) is 1.27. The van der Waals surface area contributed by atoms with Gasteiger partial charge in [-0.15, -0.1) is 11.3 Å². The lowest BCUT2D eigenvalue weighted by atomic mass is 9.89. The molecule has 3 rings (SSSR count). The SMILES string of the molecule is CNC(=O)CO[C@@H]1CO[C@]2(CCCN(C(=O)c3cccs3)C2)C1. The van der Waals surface area contributed by atoms with Gasteiger partial charge in [0.15, 0.2) is 0 Å². The van der Waals surface area contributed by atoms with Crippen molar-refractivity contribution >= 4 is 23.2 Å². The molecule has 1 spiro atoms. The molecule has 0 bridgehead atoms. The second-order valence-corrected chi connectivity index (χ2v) is 7.06. The van der Waals surface area contributed by atoms with Crippen molar-refractivity contribution in [3.05, 3.63) is 22.4 Å². The van der Waals surface area contributed by atoms with Gasteiger partial charge in [0.2, 0.25) is 5.91 Å². The normalized spacial score (nSPS) is 27.3. The summed E-state index contributed by atoms with van der Waals surface area (Å²) in [7, 11) is 1.59. The molecule has 7 heteroatoms. The third kappa shape index (κ3) is 3.73. The number of likely N-dealkylation sites (tertiary alicyclic amines) is 1. The molecule has 126 valence electrons. The number of rotatable bonds is 4. The summed E-state index contributed by atoms with van der Waals surface area (Å²) in [5, 5.41) is 4.46. The van der Waals surface area contributed by atoms with Crippen molar-refractivity contribution < 1.29 is 19.1 Å². The van der Waals surface area contributed by atoms with E-state index in [9.17, 15) is 9.59 Å². The van der Waals surface area contributed by atoms with Gasteiger partial charge in [0.1, 0.15) is 6.61 Å². The van der Waals surface area contributed by atoms with Gasteiger partial charge in [-0.2, -0.15) is 0 Å². The van der Waals surface area contributed by atoms with Crippen LogP contribution in [0.2, 0.25) is 0 Å². The van der Waals surface area contributed by atoms with Crippen LogP contribution in [0.25, 0.3) is 0 Å². The highest BCUT2D eigenvalue weighted by molar-refractivity contribution is 7.12. The molecule has 2 aliphatic heterocycles. The summed E-state index contributed by atoms with van der Waals surface area (Å²) in [6.07, 6.45) is 2.52. The van der Waals surface area contributed by atoms with Gasteiger partial charge in [-0.3, -0.25) is 9.59 Å². The number of amides is 2. The molecule has 1 aromatic rings. The van der Waals surface area contributed by atoms with Crippen molar-refractivity contribution in [3.8, 4) is 0 Å². The number of carbonyl (C=O) groups is 2. The Kier molecular flexibility index (Phi) is 4.99. The summed E-state index contributed by atoms with van der Waals surface area (Å²) in [5.74, 6) is -0.0542. The Bertz CT molecular complexity index is 562. The molecule has 1 N–H and O–H groups in total. The molecule has 0 saturated carbocycles. The molecule has 1 aromatic heterocycles. The first-order chi connectivity index (χ1) is 11.1. The van der Waals surface area contributed by atoms with Crippen LogP contribution in [-0.4, -0.2) is 61.8 Å².